The number of rotatable bonds is 5. The highest BCUT2D eigenvalue weighted by molar-refractivity contribution is 7.14. The van der Waals surface area contributed by atoms with Gasteiger partial charge in [0.25, 0.3) is 0 Å². The maximum absolute atomic E-state index is 12.5. The van der Waals surface area contributed by atoms with Crippen LogP contribution in [-0.4, -0.2) is 10.9 Å². The zero-order valence-corrected chi connectivity index (χ0v) is 15.8. The van der Waals surface area contributed by atoms with Crippen molar-refractivity contribution in [2.45, 2.75) is 32.1 Å². The molecule has 3 nitrogen and oxygen atoms in total. The summed E-state index contributed by atoms with van der Waals surface area (Å²) in [5.41, 5.74) is 4.56. The summed E-state index contributed by atoms with van der Waals surface area (Å²) < 4.78 is 0. The lowest BCUT2D eigenvalue weighted by Gasteiger charge is -2.05. The van der Waals surface area contributed by atoms with Gasteiger partial charge in [-0.1, -0.05) is 68.4 Å². The number of thiazole rings is 1. The molecule has 1 saturated carbocycles. The summed E-state index contributed by atoms with van der Waals surface area (Å²) in [6.07, 6.45) is 0.921. The van der Waals surface area contributed by atoms with Gasteiger partial charge >= 0.3 is 0 Å². The van der Waals surface area contributed by atoms with Crippen LogP contribution in [0, 0.1) is 5.92 Å². The van der Waals surface area contributed by atoms with E-state index in [1.807, 2.05) is 23.6 Å². The SMILES string of the molecule is CC(C)c1ccc(-c2csc(NC(=O)C3CC3c3ccccc3)n2)cc1. The Bertz CT molecular complexity index is 899. The van der Waals surface area contributed by atoms with Gasteiger partial charge in [0.2, 0.25) is 5.91 Å². The smallest absolute Gasteiger partial charge is 0.229 e. The average molecular weight is 362 g/mol. The molecule has 0 spiro atoms. The number of hydrogen-bond donors (Lipinski definition) is 1. The molecule has 26 heavy (non-hydrogen) atoms. The fourth-order valence-corrected chi connectivity index (χ4v) is 3.98. The molecule has 2 unspecified atom stereocenters. The van der Waals surface area contributed by atoms with Crippen LogP contribution in [0.3, 0.4) is 0 Å². The molecule has 1 amide bonds. The zero-order chi connectivity index (χ0) is 18.1. The van der Waals surface area contributed by atoms with Gasteiger partial charge in [0.15, 0.2) is 5.13 Å². The fraction of sp³-hybridized carbons (Fsp3) is 0.273. The van der Waals surface area contributed by atoms with Crippen LogP contribution < -0.4 is 5.32 Å². The molecule has 1 aliphatic carbocycles. The number of nitrogens with one attached hydrogen (secondary N) is 1. The van der Waals surface area contributed by atoms with E-state index >= 15 is 0 Å². The van der Waals surface area contributed by atoms with Crippen molar-refractivity contribution in [3.63, 3.8) is 0 Å². The molecule has 132 valence electrons. The number of amides is 1. The predicted octanol–water partition coefficient (Wildman–Crippen LogP) is 5.68. The van der Waals surface area contributed by atoms with Crippen molar-refractivity contribution in [3.8, 4) is 11.3 Å². The lowest BCUT2D eigenvalue weighted by molar-refractivity contribution is -0.117. The molecule has 0 radical (unpaired) electrons. The van der Waals surface area contributed by atoms with E-state index < -0.39 is 0 Å². The molecule has 4 heteroatoms. The Morgan fingerprint density at radius 3 is 2.54 bits per heavy atom. The molecule has 0 aliphatic heterocycles. The second-order valence-corrected chi connectivity index (χ2v) is 8.02. The van der Waals surface area contributed by atoms with E-state index in [4.69, 9.17) is 0 Å². The Balaban J connectivity index is 1.40. The van der Waals surface area contributed by atoms with E-state index in [0.29, 0.717) is 17.0 Å². The van der Waals surface area contributed by atoms with Crippen LogP contribution in [-0.2, 0) is 4.79 Å². The van der Waals surface area contributed by atoms with E-state index in [2.05, 4.69) is 60.5 Å². The Morgan fingerprint density at radius 2 is 1.85 bits per heavy atom. The number of hydrogen-bond acceptors (Lipinski definition) is 3. The molecule has 0 saturated heterocycles. The molecule has 1 fully saturated rings. The Morgan fingerprint density at radius 1 is 1.12 bits per heavy atom. The Hall–Kier alpha value is -2.46. The molecule has 4 rings (SSSR count). The molecule has 1 aromatic heterocycles. The lowest BCUT2D eigenvalue weighted by atomic mass is 10.0. The first-order valence-electron chi connectivity index (χ1n) is 9.03. The number of nitrogens with zero attached hydrogens (tertiary/aromatic N) is 1. The standard InChI is InChI=1S/C22H22N2OS/c1-14(2)15-8-10-17(11-9-15)20-13-26-22(23-20)24-21(25)19-12-18(19)16-6-4-3-5-7-16/h3-11,13-14,18-19H,12H2,1-2H3,(H,23,24,25). The van der Waals surface area contributed by atoms with Crippen LogP contribution >= 0.6 is 11.3 Å². The highest BCUT2D eigenvalue weighted by Gasteiger charge is 2.44. The van der Waals surface area contributed by atoms with Crippen LogP contribution in [0.4, 0.5) is 5.13 Å². The maximum Gasteiger partial charge on any atom is 0.229 e. The number of carbonyl (C=O) groups is 1. The lowest BCUT2D eigenvalue weighted by Crippen LogP contribution is -2.14. The van der Waals surface area contributed by atoms with Crippen LogP contribution in [0.1, 0.15) is 43.2 Å². The quantitative estimate of drug-likeness (QED) is 0.635. The molecule has 1 N–H and O–H groups in total. The normalized spacial score (nSPS) is 18.7. The van der Waals surface area contributed by atoms with Gasteiger partial charge in [0.1, 0.15) is 0 Å². The molecule has 1 heterocycles. The van der Waals surface area contributed by atoms with E-state index in [-0.39, 0.29) is 11.8 Å². The van der Waals surface area contributed by atoms with Gasteiger partial charge in [-0.3, -0.25) is 4.79 Å². The van der Waals surface area contributed by atoms with Crippen molar-refractivity contribution >= 4 is 22.4 Å². The third kappa shape index (κ3) is 3.56. The summed E-state index contributed by atoms with van der Waals surface area (Å²) in [7, 11) is 0. The van der Waals surface area contributed by atoms with Crippen molar-refractivity contribution < 1.29 is 4.79 Å². The molecule has 2 atom stereocenters. The highest BCUT2D eigenvalue weighted by atomic mass is 32.1. The van der Waals surface area contributed by atoms with E-state index in [1.54, 1.807) is 0 Å². The van der Waals surface area contributed by atoms with Crippen LogP contribution in [0.25, 0.3) is 11.3 Å². The van der Waals surface area contributed by atoms with E-state index in [9.17, 15) is 4.79 Å². The first-order chi connectivity index (χ1) is 12.6. The molecule has 3 aromatic rings. The largest absolute Gasteiger partial charge is 0.302 e. The van der Waals surface area contributed by atoms with Gasteiger partial charge in [0, 0.05) is 16.9 Å². The third-order valence-electron chi connectivity index (χ3n) is 4.96. The van der Waals surface area contributed by atoms with Crippen molar-refractivity contribution in [1.82, 2.24) is 4.98 Å². The molecule has 2 aromatic carbocycles. The van der Waals surface area contributed by atoms with Crippen molar-refractivity contribution in [1.29, 1.82) is 0 Å². The van der Waals surface area contributed by atoms with Gasteiger partial charge in [-0.05, 0) is 29.4 Å². The minimum atomic E-state index is 0.0649. The second kappa shape index (κ2) is 7.04. The van der Waals surface area contributed by atoms with Gasteiger partial charge in [0.05, 0.1) is 5.69 Å². The van der Waals surface area contributed by atoms with Gasteiger partial charge in [-0.2, -0.15) is 0 Å². The summed E-state index contributed by atoms with van der Waals surface area (Å²) in [4.78, 5) is 17.1. The summed E-state index contributed by atoms with van der Waals surface area (Å²) in [6.45, 7) is 4.37. The highest BCUT2D eigenvalue weighted by Crippen LogP contribution is 2.48. The summed E-state index contributed by atoms with van der Waals surface area (Å²) in [6, 6.07) is 18.7. The first-order valence-corrected chi connectivity index (χ1v) is 9.91. The molecular formula is C22H22N2OS. The topological polar surface area (TPSA) is 42.0 Å². The Kier molecular flexibility index (Phi) is 4.60. The predicted molar refractivity (Wildman–Crippen MR) is 108 cm³/mol. The number of benzene rings is 2. The maximum atomic E-state index is 12.5. The summed E-state index contributed by atoms with van der Waals surface area (Å²) in [5, 5.41) is 5.67. The molecular weight excluding hydrogens is 340 g/mol. The van der Waals surface area contributed by atoms with E-state index in [1.165, 1.54) is 22.5 Å². The van der Waals surface area contributed by atoms with Crippen LogP contribution in [0.15, 0.2) is 60.0 Å². The van der Waals surface area contributed by atoms with Gasteiger partial charge < -0.3 is 5.32 Å². The van der Waals surface area contributed by atoms with Crippen LogP contribution in [0.5, 0.6) is 0 Å². The zero-order valence-electron chi connectivity index (χ0n) is 15.0. The molecule has 1 aliphatic rings. The second-order valence-electron chi connectivity index (χ2n) is 7.16. The summed E-state index contributed by atoms with van der Waals surface area (Å²) >= 11 is 1.48. The minimum Gasteiger partial charge on any atom is -0.302 e. The van der Waals surface area contributed by atoms with E-state index in [0.717, 1.165) is 17.7 Å². The number of aromatic nitrogens is 1. The Labute approximate surface area is 158 Å². The number of carbonyl (C=O) groups excluding carboxylic acids is 1. The third-order valence-corrected chi connectivity index (χ3v) is 5.72. The van der Waals surface area contributed by atoms with Crippen LogP contribution in [0.2, 0.25) is 0 Å². The van der Waals surface area contributed by atoms with Crippen molar-refractivity contribution in [3.05, 3.63) is 71.1 Å². The van der Waals surface area contributed by atoms with Crippen molar-refractivity contribution in [2.24, 2.45) is 5.92 Å². The fourth-order valence-electron chi connectivity index (χ4n) is 3.25. The van der Waals surface area contributed by atoms with Gasteiger partial charge in [-0.15, -0.1) is 11.3 Å². The monoisotopic (exact) mass is 362 g/mol. The summed E-state index contributed by atoms with van der Waals surface area (Å²) in [5.74, 6) is 1.01. The van der Waals surface area contributed by atoms with Crippen molar-refractivity contribution in [2.75, 3.05) is 5.32 Å². The molecule has 0 bridgehead atoms. The minimum absolute atomic E-state index is 0.0649. The first kappa shape index (κ1) is 17.0. The number of anilines is 1. The van der Waals surface area contributed by atoms with Gasteiger partial charge in [-0.25, -0.2) is 4.98 Å². The average Bonchev–Trinajstić information content (AvgIpc) is 3.35.